The highest BCUT2D eigenvalue weighted by molar-refractivity contribution is 8.19. The lowest BCUT2D eigenvalue weighted by atomic mass is 10.1. The number of methoxy groups -OCH3 is 1. The summed E-state index contributed by atoms with van der Waals surface area (Å²) in [5.74, 6) is 0.378. The number of carbonyl (C=O) groups is 3. The number of rotatable bonds is 7. The maximum Gasteiger partial charge on any atom is 0.298 e. The summed E-state index contributed by atoms with van der Waals surface area (Å²) >= 11 is 7.05. The Balaban J connectivity index is 1.51. The van der Waals surface area contributed by atoms with E-state index in [1.165, 1.54) is 14.0 Å². The number of nitrogens with one attached hydrogen (secondary N) is 1. The molecule has 1 heterocycles. The van der Waals surface area contributed by atoms with Gasteiger partial charge in [0.05, 0.1) is 17.7 Å². The molecule has 1 fully saturated rings. The van der Waals surface area contributed by atoms with E-state index in [-0.39, 0.29) is 17.4 Å². The van der Waals surface area contributed by atoms with E-state index < -0.39 is 11.1 Å². The van der Waals surface area contributed by atoms with Gasteiger partial charge in [-0.05, 0) is 65.9 Å². The molecule has 0 bridgehead atoms. The van der Waals surface area contributed by atoms with Crippen LogP contribution in [0.25, 0.3) is 6.08 Å². The van der Waals surface area contributed by atoms with Gasteiger partial charge in [0.15, 0.2) is 11.5 Å². The Bertz CT molecular complexity index is 1320. The molecule has 0 spiro atoms. The van der Waals surface area contributed by atoms with Crippen molar-refractivity contribution in [3.05, 3.63) is 87.8 Å². The van der Waals surface area contributed by atoms with Gasteiger partial charge in [0.25, 0.3) is 11.1 Å². The van der Waals surface area contributed by atoms with E-state index in [4.69, 9.17) is 21.1 Å². The topological polar surface area (TPSA) is 84.9 Å². The van der Waals surface area contributed by atoms with E-state index in [9.17, 15) is 14.4 Å². The molecule has 3 aromatic carbocycles. The van der Waals surface area contributed by atoms with E-state index in [1.807, 2.05) is 18.2 Å². The fraction of sp³-hybridized carbons (Fsp3) is 0.115. The lowest BCUT2D eigenvalue weighted by Gasteiger charge is -2.13. The van der Waals surface area contributed by atoms with E-state index in [2.05, 4.69) is 5.32 Å². The van der Waals surface area contributed by atoms with Crippen LogP contribution in [-0.4, -0.2) is 24.2 Å². The molecule has 35 heavy (non-hydrogen) atoms. The van der Waals surface area contributed by atoms with Crippen LogP contribution >= 0.6 is 23.4 Å². The van der Waals surface area contributed by atoms with Crippen LogP contribution in [0, 0.1) is 0 Å². The van der Waals surface area contributed by atoms with Crippen molar-refractivity contribution < 1.29 is 23.9 Å². The molecule has 0 aliphatic carbocycles. The Morgan fingerprint density at radius 2 is 1.80 bits per heavy atom. The van der Waals surface area contributed by atoms with Gasteiger partial charge in [-0.1, -0.05) is 35.9 Å². The summed E-state index contributed by atoms with van der Waals surface area (Å²) < 4.78 is 11.3. The second-order valence-corrected chi connectivity index (χ2v) is 8.94. The van der Waals surface area contributed by atoms with Crippen LogP contribution in [0.15, 0.2) is 71.6 Å². The molecule has 178 valence electrons. The van der Waals surface area contributed by atoms with Gasteiger partial charge in [-0.3, -0.25) is 14.4 Å². The quantitative estimate of drug-likeness (QED) is 0.386. The maximum absolute atomic E-state index is 13.0. The molecule has 0 unspecified atom stereocenters. The second kappa shape index (κ2) is 10.7. The predicted molar refractivity (Wildman–Crippen MR) is 138 cm³/mol. The van der Waals surface area contributed by atoms with Crippen molar-refractivity contribution in [2.75, 3.05) is 17.3 Å². The molecule has 1 aliphatic rings. The third-order valence-electron chi connectivity index (χ3n) is 5.07. The molecular weight excluding hydrogens is 488 g/mol. The van der Waals surface area contributed by atoms with Crippen molar-refractivity contribution in [1.29, 1.82) is 0 Å². The number of nitrogens with zero attached hydrogens (tertiary/aromatic N) is 1. The highest BCUT2D eigenvalue weighted by atomic mass is 35.5. The fourth-order valence-electron chi connectivity index (χ4n) is 3.40. The van der Waals surface area contributed by atoms with Crippen LogP contribution < -0.4 is 19.7 Å². The zero-order valence-electron chi connectivity index (χ0n) is 18.9. The molecule has 1 aliphatic heterocycles. The molecule has 3 amide bonds. The van der Waals surface area contributed by atoms with Crippen LogP contribution in [0.2, 0.25) is 5.02 Å². The Morgan fingerprint density at radius 1 is 1.06 bits per heavy atom. The largest absolute Gasteiger partial charge is 0.493 e. The van der Waals surface area contributed by atoms with Gasteiger partial charge in [0.1, 0.15) is 6.61 Å². The molecule has 0 aromatic heterocycles. The number of thioether (sulfide) groups is 1. The van der Waals surface area contributed by atoms with Crippen molar-refractivity contribution in [3.8, 4) is 11.5 Å². The number of imide groups is 1. The first-order valence-electron chi connectivity index (χ1n) is 10.6. The van der Waals surface area contributed by atoms with Gasteiger partial charge in [0, 0.05) is 23.2 Å². The smallest absolute Gasteiger partial charge is 0.298 e. The number of halogens is 1. The van der Waals surface area contributed by atoms with Gasteiger partial charge >= 0.3 is 0 Å². The molecule has 1 saturated heterocycles. The molecule has 1 N–H and O–H groups in total. The van der Waals surface area contributed by atoms with Gasteiger partial charge < -0.3 is 14.8 Å². The Labute approximate surface area is 211 Å². The first kappa shape index (κ1) is 24.4. The summed E-state index contributed by atoms with van der Waals surface area (Å²) in [5.41, 5.74) is 2.52. The van der Waals surface area contributed by atoms with Crippen molar-refractivity contribution in [3.63, 3.8) is 0 Å². The number of amides is 3. The number of anilines is 2. The molecule has 4 rings (SSSR count). The van der Waals surface area contributed by atoms with Gasteiger partial charge in [-0.15, -0.1) is 0 Å². The lowest BCUT2D eigenvalue weighted by Crippen LogP contribution is -2.27. The fourth-order valence-corrected chi connectivity index (χ4v) is 4.43. The lowest BCUT2D eigenvalue weighted by molar-refractivity contribution is -0.114. The average molecular weight is 509 g/mol. The molecule has 3 aromatic rings. The van der Waals surface area contributed by atoms with Crippen molar-refractivity contribution in [2.24, 2.45) is 0 Å². The number of ether oxygens (including phenoxy) is 2. The highest BCUT2D eigenvalue weighted by Gasteiger charge is 2.36. The third kappa shape index (κ3) is 5.67. The Morgan fingerprint density at radius 3 is 2.49 bits per heavy atom. The zero-order chi connectivity index (χ0) is 24.9. The van der Waals surface area contributed by atoms with Crippen LogP contribution in [0.1, 0.15) is 18.1 Å². The summed E-state index contributed by atoms with van der Waals surface area (Å²) in [7, 11) is 1.53. The minimum absolute atomic E-state index is 0.206. The monoisotopic (exact) mass is 508 g/mol. The Kier molecular flexibility index (Phi) is 7.43. The van der Waals surface area contributed by atoms with Crippen LogP contribution in [0.4, 0.5) is 16.2 Å². The number of hydrogen-bond donors (Lipinski definition) is 1. The first-order valence-corrected chi connectivity index (χ1v) is 11.7. The van der Waals surface area contributed by atoms with Gasteiger partial charge in [0.2, 0.25) is 5.91 Å². The SMILES string of the molecule is COc1cc(/C=C2\SC(=O)N(c3ccc(NC(C)=O)cc3)C2=O)ccc1OCc1ccccc1Cl. The second-order valence-electron chi connectivity index (χ2n) is 7.54. The standard InChI is InChI=1S/C26H21ClN2O5S/c1-16(30)28-19-8-10-20(11-9-19)29-25(31)24(35-26(29)32)14-17-7-12-22(23(13-17)33-2)34-15-18-5-3-4-6-21(18)27/h3-14H,15H2,1-2H3,(H,28,30)/b24-14-. The minimum Gasteiger partial charge on any atom is -0.493 e. The number of carbonyl (C=O) groups excluding carboxylic acids is 3. The van der Waals surface area contributed by atoms with Gasteiger partial charge in [-0.25, -0.2) is 4.90 Å². The molecule has 0 radical (unpaired) electrons. The number of benzene rings is 3. The van der Waals surface area contributed by atoms with Crippen LogP contribution in [0.3, 0.4) is 0 Å². The number of hydrogen-bond acceptors (Lipinski definition) is 6. The first-order chi connectivity index (χ1) is 16.9. The molecule has 0 saturated carbocycles. The molecule has 0 atom stereocenters. The van der Waals surface area contributed by atoms with Crippen molar-refractivity contribution in [2.45, 2.75) is 13.5 Å². The van der Waals surface area contributed by atoms with Crippen LogP contribution in [-0.2, 0) is 16.2 Å². The van der Waals surface area contributed by atoms with Gasteiger partial charge in [-0.2, -0.15) is 0 Å². The Hall–Kier alpha value is -3.75. The predicted octanol–water partition coefficient (Wildman–Crippen LogP) is 6.13. The molecule has 9 heteroatoms. The molecular formula is C26H21ClN2O5S. The minimum atomic E-state index is -0.426. The van der Waals surface area contributed by atoms with Crippen molar-refractivity contribution >= 4 is 57.9 Å². The normalized spacial score (nSPS) is 14.4. The maximum atomic E-state index is 13.0. The summed E-state index contributed by atoms with van der Waals surface area (Å²) in [4.78, 5) is 38.1. The summed E-state index contributed by atoms with van der Waals surface area (Å²) in [6.45, 7) is 1.68. The summed E-state index contributed by atoms with van der Waals surface area (Å²) in [6, 6.07) is 19.2. The van der Waals surface area contributed by atoms with Crippen LogP contribution in [0.5, 0.6) is 11.5 Å². The highest BCUT2D eigenvalue weighted by Crippen LogP contribution is 2.37. The van der Waals surface area contributed by atoms with E-state index >= 15 is 0 Å². The van der Waals surface area contributed by atoms with E-state index in [0.29, 0.717) is 33.5 Å². The van der Waals surface area contributed by atoms with E-state index in [1.54, 1.807) is 54.6 Å². The summed E-state index contributed by atoms with van der Waals surface area (Å²) in [6.07, 6.45) is 1.64. The van der Waals surface area contributed by atoms with Crippen molar-refractivity contribution in [1.82, 2.24) is 0 Å². The summed E-state index contributed by atoms with van der Waals surface area (Å²) in [5, 5.41) is 2.86. The zero-order valence-corrected chi connectivity index (χ0v) is 20.5. The third-order valence-corrected chi connectivity index (χ3v) is 6.30. The average Bonchev–Trinajstić information content (AvgIpc) is 3.11. The van der Waals surface area contributed by atoms with E-state index in [0.717, 1.165) is 22.2 Å². The molecule has 7 nitrogen and oxygen atoms in total.